The number of hydrogen-bond acceptors (Lipinski definition) is 5. The standard InChI is InChI=1S/C17H32N6O2.HI/c1-4-16-22-20-13-23(16)10-9-19-17(18-8-6-11-24-3)21-14(2)15-7-5-12-25-15;/h13-15H,4-12H2,1-3H3,(H2,18,19,21);1H. The molecule has 2 heterocycles. The van der Waals surface area contributed by atoms with Gasteiger partial charge < -0.3 is 24.7 Å². The number of guanidine groups is 1. The van der Waals surface area contributed by atoms with Crippen LogP contribution in [0.3, 0.4) is 0 Å². The molecule has 2 unspecified atom stereocenters. The molecule has 1 fully saturated rings. The molecule has 0 aliphatic carbocycles. The fraction of sp³-hybridized carbons (Fsp3) is 0.824. The molecule has 0 saturated carbocycles. The van der Waals surface area contributed by atoms with Crippen LogP contribution < -0.4 is 10.6 Å². The largest absolute Gasteiger partial charge is 0.385 e. The maximum atomic E-state index is 5.77. The van der Waals surface area contributed by atoms with Crippen molar-refractivity contribution in [3.8, 4) is 0 Å². The predicted molar refractivity (Wildman–Crippen MR) is 113 cm³/mol. The molecule has 8 nitrogen and oxygen atoms in total. The van der Waals surface area contributed by atoms with Crippen LogP contribution in [0.4, 0.5) is 0 Å². The van der Waals surface area contributed by atoms with Gasteiger partial charge in [-0.15, -0.1) is 34.2 Å². The van der Waals surface area contributed by atoms with Crippen LogP contribution in [0.5, 0.6) is 0 Å². The van der Waals surface area contributed by atoms with E-state index in [2.05, 4.69) is 44.2 Å². The van der Waals surface area contributed by atoms with E-state index in [0.717, 1.165) is 70.3 Å². The van der Waals surface area contributed by atoms with Crippen molar-refractivity contribution in [2.75, 3.05) is 33.4 Å². The third-order valence-corrected chi connectivity index (χ3v) is 4.32. The van der Waals surface area contributed by atoms with Crippen LogP contribution in [0.2, 0.25) is 0 Å². The third kappa shape index (κ3) is 7.75. The first kappa shape index (κ1) is 23.1. The van der Waals surface area contributed by atoms with Crippen LogP contribution in [-0.2, 0) is 22.4 Å². The molecule has 1 aliphatic rings. The van der Waals surface area contributed by atoms with E-state index in [4.69, 9.17) is 9.47 Å². The van der Waals surface area contributed by atoms with Crippen molar-refractivity contribution in [2.45, 2.75) is 58.2 Å². The molecule has 150 valence electrons. The van der Waals surface area contributed by atoms with E-state index >= 15 is 0 Å². The van der Waals surface area contributed by atoms with Crippen molar-refractivity contribution in [3.63, 3.8) is 0 Å². The molecule has 1 aromatic heterocycles. The van der Waals surface area contributed by atoms with Gasteiger partial charge in [0.1, 0.15) is 12.2 Å². The maximum absolute atomic E-state index is 5.77. The lowest BCUT2D eigenvalue weighted by atomic mass is 10.1. The molecule has 0 aromatic carbocycles. The summed E-state index contributed by atoms with van der Waals surface area (Å²) in [6, 6.07) is 0.234. The third-order valence-electron chi connectivity index (χ3n) is 4.32. The zero-order chi connectivity index (χ0) is 17.9. The zero-order valence-electron chi connectivity index (χ0n) is 16.1. The second-order valence-corrected chi connectivity index (χ2v) is 6.28. The molecule has 26 heavy (non-hydrogen) atoms. The Bertz CT molecular complexity index is 519. The average Bonchev–Trinajstić information content (AvgIpc) is 3.29. The fourth-order valence-electron chi connectivity index (χ4n) is 2.89. The average molecular weight is 480 g/mol. The Morgan fingerprint density at radius 1 is 1.54 bits per heavy atom. The number of aryl methyl sites for hydroxylation is 1. The van der Waals surface area contributed by atoms with Crippen molar-refractivity contribution in [1.29, 1.82) is 0 Å². The van der Waals surface area contributed by atoms with Crippen LogP contribution in [-0.4, -0.2) is 66.3 Å². The Labute approximate surface area is 173 Å². The van der Waals surface area contributed by atoms with Crippen LogP contribution in [0.15, 0.2) is 11.3 Å². The Kier molecular flexibility index (Phi) is 11.8. The molecule has 2 rings (SSSR count). The molecule has 0 radical (unpaired) electrons. The summed E-state index contributed by atoms with van der Waals surface area (Å²) in [6.45, 7) is 8.12. The summed E-state index contributed by atoms with van der Waals surface area (Å²) < 4.78 is 12.9. The van der Waals surface area contributed by atoms with E-state index in [1.807, 2.05) is 0 Å². The van der Waals surface area contributed by atoms with Gasteiger partial charge in [0.15, 0.2) is 5.96 Å². The number of nitrogens with one attached hydrogen (secondary N) is 2. The lowest BCUT2D eigenvalue weighted by Crippen LogP contribution is -2.47. The normalized spacial score (nSPS) is 18.4. The van der Waals surface area contributed by atoms with E-state index < -0.39 is 0 Å². The first-order valence-corrected chi connectivity index (χ1v) is 9.26. The van der Waals surface area contributed by atoms with Crippen molar-refractivity contribution in [2.24, 2.45) is 4.99 Å². The molecule has 1 aliphatic heterocycles. The maximum Gasteiger partial charge on any atom is 0.191 e. The second-order valence-electron chi connectivity index (χ2n) is 6.28. The first-order chi connectivity index (χ1) is 12.2. The number of rotatable bonds is 10. The van der Waals surface area contributed by atoms with Gasteiger partial charge in [-0.2, -0.15) is 0 Å². The van der Waals surface area contributed by atoms with Crippen LogP contribution >= 0.6 is 24.0 Å². The number of halogens is 1. The number of hydrogen-bond donors (Lipinski definition) is 2. The van der Waals surface area contributed by atoms with Gasteiger partial charge in [-0.3, -0.25) is 4.99 Å². The van der Waals surface area contributed by atoms with E-state index in [0.29, 0.717) is 0 Å². The summed E-state index contributed by atoms with van der Waals surface area (Å²) in [5, 5.41) is 15.0. The van der Waals surface area contributed by atoms with Gasteiger partial charge in [0, 0.05) is 46.4 Å². The zero-order valence-corrected chi connectivity index (χ0v) is 18.4. The minimum atomic E-state index is 0. The summed E-state index contributed by atoms with van der Waals surface area (Å²) in [5.74, 6) is 1.83. The Balaban J connectivity index is 0.00000338. The highest BCUT2D eigenvalue weighted by Gasteiger charge is 2.23. The SMILES string of the molecule is CCc1nncn1CCNC(=NCCCOC)NC(C)C1CCCO1.I. The quantitative estimate of drug-likeness (QED) is 0.229. The number of nitrogens with zero attached hydrogens (tertiary/aromatic N) is 4. The van der Waals surface area contributed by atoms with E-state index in [1.54, 1.807) is 13.4 Å². The van der Waals surface area contributed by atoms with Gasteiger partial charge in [0.25, 0.3) is 0 Å². The highest BCUT2D eigenvalue weighted by molar-refractivity contribution is 14.0. The van der Waals surface area contributed by atoms with Crippen molar-refractivity contribution in [3.05, 3.63) is 12.2 Å². The summed E-state index contributed by atoms with van der Waals surface area (Å²) in [4.78, 5) is 4.65. The van der Waals surface area contributed by atoms with Crippen molar-refractivity contribution < 1.29 is 9.47 Å². The van der Waals surface area contributed by atoms with E-state index in [9.17, 15) is 0 Å². The molecule has 1 aromatic rings. The van der Waals surface area contributed by atoms with Gasteiger partial charge in [0.05, 0.1) is 12.1 Å². The molecule has 9 heteroatoms. The highest BCUT2D eigenvalue weighted by atomic mass is 127. The van der Waals surface area contributed by atoms with Gasteiger partial charge in [-0.05, 0) is 26.2 Å². The van der Waals surface area contributed by atoms with Gasteiger partial charge in [-0.25, -0.2) is 0 Å². The van der Waals surface area contributed by atoms with Crippen LogP contribution in [0.25, 0.3) is 0 Å². The smallest absolute Gasteiger partial charge is 0.191 e. The molecule has 0 amide bonds. The summed E-state index contributed by atoms with van der Waals surface area (Å²) in [6.07, 6.45) is 6.06. The number of aromatic nitrogens is 3. The topological polar surface area (TPSA) is 85.6 Å². The molecule has 1 saturated heterocycles. The van der Waals surface area contributed by atoms with Crippen LogP contribution in [0.1, 0.15) is 38.9 Å². The molecular formula is C17H33IN6O2. The van der Waals surface area contributed by atoms with Crippen molar-refractivity contribution >= 4 is 29.9 Å². The minimum Gasteiger partial charge on any atom is -0.385 e. The summed E-state index contributed by atoms with van der Waals surface area (Å²) >= 11 is 0. The van der Waals surface area contributed by atoms with E-state index in [1.165, 1.54) is 0 Å². The molecule has 2 atom stereocenters. The number of methoxy groups -OCH3 is 1. The Hall–Kier alpha value is -0.940. The van der Waals surface area contributed by atoms with E-state index in [-0.39, 0.29) is 36.1 Å². The van der Waals surface area contributed by atoms with Gasteiger partial charge >= 0.3 is 0 Å². The van der Waals surface area contributed by atoms with Gasteiger partial charge in [-0.1, -0.05) is 6.92 Å². The minimum absolute atomic E-state index is 0. The lowest BCUT2D eigenvalue weighted by molar-refractivity contribution is 0.0890. The first-order valence-electron chi connectivity index (χ1n) is 9.26. The fourth-order valence-corrected chi connectivity index (χ4v) is 2.89. The summed E-state index contributed by atoms with van der Waals surface area (Å²) in [5.41, 5.74) is 0. The Morgan fingerprint density at radius 2 is 2.38 bits per heavy atom. The molecule has 0 spiro atoms. The predicted octanol–water partition coefficient (Wildman–Crippen LogP) is 1.60. The van der Waals surface area contributed by atoms with Crippen molar-refractivity contribution in [1.82, 2.24) is 25.4 Å². The molecule has 2 N–H and O–H groups in total. The molecule has 0 bridgehead atoms. The second kappa shape index (κ2) is 13.3. The monoisotopic (exact) mass is 480 g/mol. The van der Waals surface area contributed by atoms with Gasteiger partial charge in [0.2, 0.25) is 0 Å². The number of aliphatic imine (C=N–C) groups is 1. The highest BCUT2D eigenvalue weighted by Crippen LogP contribution is 2.15. The Morgan fingerprint density at radius 3 is 3.08 bits per heavy atom. The number of ether oxygens (including phenoxy) is 2. The summed E-state index contributed by atoms with van der Waals surface area (Å²) in [7, 11) is 1.71. The molecular weight excluding hydrogens is 447 g/mol. The lowest BCUT2D eigenvalue weighted by Gasteiger charge is -2.23. The van der Waals surface area contributed by atoms with Crippen LogP contribution in [0, 0.1) is 0 Å².